The van der Waals surface area contributed by atoms with Gasteiger partial charge >= 0.3 is 0 Å². The van der Waals surface area contributed by atoms with Crippen molar-refractivity contribution in [1.29, 1.82) is 0 Å². The van der Waals surface area contributed by atoms with Gasteiger partial charge in [-0.15, -0.1) is 0 Å². The van der Waals surface area contributed by atoms with E-state index in [-0.39, 0.29) is 6.04 Å². The van der Waals surface area contributed by atoms with Crippen LogP contribution < -0.4 is 5.73 Å². The number of nitrogens with zero attached hydrogens (tertiary/aromatic N) is 1. The summed E-state index contributed by atoms with van der Waals surface area (Å²) in [5.74, 6) is 0.827. The highest BCUT2D eigenvalue weighted by molar-refractivity contribution is 5.58. The molecule has 0 spiro atoms. The van der Waals surface area contributed by atoms with Crippen molar-refractivity contribution in [2.45, 2.75) is 12.5 Å². The van der Waals surface area contributed by atoms with Crippen LogP contribution in [0.15, 0.2) is 66.9 Å². The van der Waals surface area contributed by atoms with Gasteiger partial charge in [-0.2, -0.15) is 0 Å². The number of hydrogen-bond acceptors (Lipinski definition) is 2. The van der Waals surface area contributed by atoms with Crippen LogP contribution in [0.2, 0.25) is 0 Å². The zero-order valence-corrected chi connectivity index (χ0v) is 11.2. The van der Waals surface area contributed by atoms with Crippen LogP contribution in [-0.2, 0) is 6.42 Å². The number of nitrogens with one attached hydrogen (secondary N) is 1. The van der Waals surface area contributed by atoms with Crippen LogP contribution in [-0.4, -0.2) is 9.97 Å². The predicted molar refractivity (Wildman–Crippen MR) is 81.1 cm³/mol. The second kappa shape index (κ2) is 5.72. The predicted octanol–water partition coefficient (Wildman–Crippen LogP) is 3.32. The maximum atomic E-state index is 6.22. The Hall–Kier alpha value is -2.39. The molecule has 0 bridgehead atoms. The molecule has 1 unspecified atom stereocenters. The minimum absolute atomic E-state index is 0.116. The molecule has 0 aliphatic heterocycles. The monoisotopic (exact) mass is 263 g/mol. The molecule has 1 aromatic heterocycles. The van der Waals surface area contributed by atoms with Crippen molar-refractivity contribution in [1.82, 2.24) is 9.97 Å². The van der Waals surface area contributed by atoms with Gasteiger partial charge in [0.2, 0.25) is 0 Å². The Balaban J connectivity index is 1.77. The number of nitrogens with two attached hydrogens (primary N) is 1. The normalized spacial score (nSPS) is 12.2. The summed E-state index contributed by atoms with van der Waals surface area (Å²) in [5.41, 5.74) is 9.48. The van der Waals surface area contributed by atoms with Crippen LogP contribution in [0.1, 0.15) is 17.4 Å². The van der Waals surface area contributed by atoms with Crippen LogP contribution in [0.25, 0.3) is 11.3 Å². The van der Waals surface area contributed by atoms with Crippen molar-refractivity contribution < 1.29 is 0 Å². The Labute approximate surface area is 118 Å². The summed E-state index contributed by atoms with van der Waals surface area (Å²) >= 11 is 0. The fourth-order valence-electron chi connectivity index (χ4n) is 2.25. The van der Waals surface area contributed by atoms with Gasteiger partial charge in [-0.1, -0.05) is 60.7 Å². The van der Waals surface area contributed by atoms with Gasteiger partial charge in [-0.3, -0.25) is 0 Å². The minimum atomic E-state index is -0.116. The molecule has 100 valence electrons. The highest BCUT2D eigenvalue weighted by Gasteiger charge is 2.11. The van der Waals surface area contributed by atoms with Gasteiger partial charge in [0.1, 0.15) is 5.82 Å². The third kappa shape index (κ3) is 2.78. The summed E-state index contributed by atoms with van der Waals surface area (Å²) in [6.07, 6.45) is 2.69. The molecular formula is C17H17N3. The van der Waals surface area contributed by atoms with E-state index in [1.54, 1.807) is 0 Å². The lowest BCUT2D eigenvalue weighted by atomic mass is 10.1. The Bertz CT molecular complexity index is 659. The first-order chi connectivity index (χ1) is 9.83. The highest BCUT2D eigenvalue weighted by atomic mass is 15.0. The largest absolute Gasteiger partial charge is 0.347 e. The molecule has 1 heterocycles. The van der Waals surface area contributed by atoms with E-state index >= 15 is 0 Å². The van der Waals surface area contributed by atoms with Crippen LogP contribution in [0.4, 0.5) is 0 Å². The molecule has 0 aliphatic rings. The molecular weight excluding hydrogens is 246 g/mol. The maximum absolute atomic E-state index is 6.22. The zero-order chi connectivity index (χ0) is 13.8. The van der Waals surface area contributed by atoms with Gasteiger partial charge in [0.05, 0.1) is 11.7 Å². The third-order valence-corrected chi connectivity index (χ3v) is 3.32. The second-order valence-corrected chi connectivity index (χ2v) is 4.83. The fraction of sp³-hybridized carbons (Fsp3) is 0.118. The molecule has 0 fully saturated rings. The molecule has 3 nitrogen and oxygen atoms in total. The van der Waals surface area contributed by atoms with Crippen molar-refractivity contribution in [3.63, 3.8) is 0 Å². The van der Waals surface area contributed by atoms with Crippen molar-refractivity contribution in [3.05, 3.63) is 78.2 Å². The SMILES string of the molecule is NC(Cc1ccccc1)c1nc(-c2ccccc2)c[nH]1. The van der Waals surface area contributed by atoms with Gasteiger partial charge in [0.15, 0.2) is 0 Å². The number of aromatic nitrogens is 2. The Morgan fingerprint density at radius 1 is 0.950 bits per heavy atom. The molecule has 3 rings (SSSR count). The van der Waals surface area contributed by atoms with Crippen molar-refractivity contribution >= 4 is 0 Å². The minimum Gasteiger partial charge on any atom is -0.347 e. The standard InChI is InChI=1S/C17H17N3/c18-15(11-13-7-3-1-4-8-13)17-19-12-16(20-17)14-9-5-2-6-10-14/h1-10,12,15H,11,18H2,(H,19,20). The molecule has 0 saturated heterocycles. The van der Waals surface area contributed by atoms with Gasteiger partial charge < -0.3 is 10.7 Å². The van der Waals surface area contributed by atoms with Gasteiger partial charge in [0, 0.05) is 11.8 Å². The molecule has 3 heteroatoms. The Morgan fingerprint density at radius 2 is 1.60 bits per heavy atom. The summed E-state index contributed by atoms with van der Waals surface area (Å²) in [5, 5.41) is 0. The van der Waals surface area contributed by atoms with E-state index in [4.69, 9.17) is 5.73 Å². The van der Waals surface area contributed by atoms with E-state index in [1.807, 2.05) is 54.7 Å². The Morgan fingerprint density at radius 3 is 2.30 bits per heavy atom. The summed E-state index contributed by atoms with van der Waals surface area (Å²) < 4.78 is 0. The lowest BCUT2D eigenvalue weighted by molar-refractivity contribution is 0.678. The summed E-state index contributed by atoms with van der Waals surface area (Å²) in [6, 6.07) is 20.2. The first-order valence-corrected chi connectivity index (χ1v) is 6.73. The van der Waals surface area contributed by atoms with Crippen molar-refractivity contribution in [3.8, 4) is 11.3 Å². The number of H-pyrrole nitrogens is 1. The molecule has 0 saturated carbocycles. The molecule has 0 radical (unpaired) electrons. The lowest BCUT2D eigenvalue weighted by Crippen LogP contribution is -2.14. The summed E-state index contributed by atoms with van der Waals surface area (Å²) in [6.45, 7) is 0. The van der Waals surface area contributed by atoms with Gasteiger partial charge in [0.25, 0.3) is 0 Å². The molecule has 3 aromatic rings. The molecule has 2 aromatic carbocycles. The number of hydrogen-bond donors (Lipinski definition) is 2. The van der Waals surface area contributed by atoms with Crippen molar-refractivity contribution in [2.24, 2.45) is 5.73 Å². The number of imidazole rings is 1. The molecule has 3 N–H and O–H groups in total. The highest BCUT2D eigenvalue weighted by Crippen LogP contribution is 2.19. The van der Waals surface area contributed by atoms with Gasteiger partial charge in [-0.05, 0) is 12.0 Å². The van der Waals surface area contributed by atoms with Crippen LogP contribution in [0.3, 0.4) is 0 Å². The van der Waals surface area contributed by atoms with E-state index in [9.17, 15) is 0 Å². The van der Waals surface area contributed by atoms with Crippen LogP contribution >= 0.6 is 0 Å². The second-order valence-electron chi connectivity index (χ2n) is 4.83. The molecule has 0 aliphatic carbocycles. The van der Waals surface area contributed by atoms with Gasteiger partial charge in [-0.25, -0.2) is 4.98 Å². The van der Waals surface area contributed by atoms with E-state index in [1.165, 1.54) is 5.56 Å². The van der Waals surface area contributed by atoms with E-state index < -0.39 is 0 Å². The van der Waals surface area contributed by atoms with E-state index in [0.717, 1.165) is 23.5 Å². The first-order valence-electron chi connectivity index (χ1n) is 6.73. The lowest BCUT2D eigenvalue weighted by Gasteiger charge is -2.08. The van der Waals surface area contributed by atoms with E-state index in [2.05, 4.69) is 22.1 Å². The van der Waals surface area contributed by atoms with Crippen molar-refractivity contribution in [2.75, 3.05) is 0 Å². The van der Waals surface area contributed by atoms with E-state index in [0.29, 0.717) is 0 Å². The fourth-order valence-corrected chi connectivity index (χ4v) is 2.25. The maximum Gasteiger partial charge on any atom is 0.124 e. The first kappa shape index (κ1) is 12.6. The molecule has 1 atom stereocenters. The smallest absolute Gasteiger partial charge is 0.124 e. The summed E-state index contributed by atoms with van der Waals surface area (Å²) in [4.78, 5) is 7.78. The summed E-state index contributed by atoms with van der Waals surface area (Å²) in [7, 11) is 0. The average molecular weight is 263 g/mol. The Kier molecular flexibility index (Phi) is 3.61. The third-order valence-electron chi connectivity index (χ3n) is 3.32. The van der Waals surface area contributed by atoms with Crippen LogP contribution in [0.5, 0.6) is 0 Å². The molecule has 0 amide bonds. The zero-order valence-electron chi connectivity index (χ0n) is 11.2. The topological polar surface area (TPSA) is 54.7 Å². The molecule has 20 heavy (non-hydrogen) atoms. The quantitative estimate of drug-likeness (QED) is 0.758. The number of aromatic amines is 1. The number of rotatable bonds is 4. The average Bonchev–Trinajstić information content (AvgIpc) is 2.99. The van der Waals surface area contributed by atoms with Crippen LogP contribution in [0, 0.1) is 0 Å². The number of benzene rings is 2.